The average Bonchev–Trinajstić information content (AvgIpc) is 2.36. The van der Waals surface area contributed by atoms with Crippen LogP contribution in [0.2, 0.25) is 0 Å². The van der Waals surface area contributed by atoms with E-state index in [-0.39, 0.29) is 0 Å². The van der Waals surface area contributed by atoms with Gasteiger partial charge in [0, 0.05) is 23.0 Å². The minimum Gasteiger partial charge on any atom is -0.302 e. The predicted octanol–water partition coefficient (Wildman–Crippen LogP) is 3.76. The zero-order chi connectivity index (χ0) is 13.0. The molecule has 0 aliphatic carbocycles. The second kappa shape index (κ2) is 6.30. The summed E-state index contributed by atoms with van der Waals surface area (Å²) in [6.07, 6.45) is 1.18. The number of pyridine rings is 1. The van der Waals surface area contributed by atoms with Crippen molar-refractivity contribution < 1.29 is 0 Å². The van der Waals surface area contributed by atoms with Crippen molar-refractivity contribution >= 4 is 26.8 Å². The minimum absolute atomic E-state index is 0.983. The Hall–Kier alpha value is -0.930. The van der Waals surface area contributed by atoms with Crippen molar-refractivity contribution in [1.29, 1.82) is 0 Å². The molecule has 0 aliphatic heterocycles. The van der Waals surface area contributed by atoms with Gasteiger partial charge in [-0.05, 0) is 44.6 Å². The Labute approximate surface area is 117 Å². The van der Waals surface area contributed by atoms with Gasteiger partial charge in [-0.1, -0.05) is 34.1 Å². The Morgan fingerprint density at radius 1 is 1.28 bits per heavy atom. The third-order valence-corrected chi connectivity index (χ3v) is 3.60. The molecule has 2 aromatic rings. The van der Waals surface area contributed by atoms with Crippen LogP contribution >= 0.6 is 15.9 Å². The lowest BCUT2D eigenvalue weighted by atomic mass is 10.1. The first-order chi connectivity index (χ1) is 8.70. The maximum absolute atomic E-state index is 4.58. The molecular weight excluding hydrogens is 288 g/mol. The smallest absolute Gasteiger partial charge is 0.0708 e. The fourth-order valence-electron chi connectivity index (χ4n) is 2.23. The fraction of sp³-hybridized carbons (Fsp3) is 0.400. The SMILES string of the molecule is Cc1cc(CN(C)CCCBr)c2ccccc2n1. The molecule has 0 fully saturated rings. The van der Waals surface area contributed by atoms with Gasteiger partial charge in [0.15, 0.2) is 0 Å². The van der Waals surface area contributed by atoms with E-state index in [0.717, 1.165) is 29.6 Å². The number of halogens is 1. The Morgan fingerprint density at radius 2 is 2.06 bits per heavy atom. The molecule has 0 N–H and O–H groups in total. The standard InChI is InChI=1S/C15H19BrN2/c1-12-10-13(11-18(2)9-5-8-16)14-6-3-4-7-15(14)17-12/h3-4,6-7,10H,5,8-9,11H2,1-2H3. The number of fused-ring (bicyclic) bond motifs is 1. The van der Waals surface area contributed by atoms with Crippen LogP contribution in [0.3, 0.4) is 0 Å². The van der Waals surface area contributed by atoms with Crippen LogP contribution in [0.4, 0.5) is 0 Å². The lowest BCUT2D eigenvalue weighted by Crippen LogP contribution is -2.19. The molecule has 0 atom stereocenters. The van der Waals surface area contributed by atoms with E-state index in [1.807, 2.05) is 6.07 Å². The van der Waals surface area contributed by atoms with E-state index in [4.69, 9.17) is 0 Å². The van der Waals surface area contributed by atoms with Crippen LogP contribution in [-0.2, 0) is 6.54 Å². The van der Waals surface area contributed by atoms with Crippen LogP contribution in [0.25, 0.3) is 10.9 Å². The highest BCUT2D eigenvalue weighted by atomic mass is 79.9. The quantitative estimate of drug-likeness (QED) is 0.782. The topological polar surface area (TPSA) is 16.1 Å². The fourth-order valence-corrected chi connectivity index (χ4v) is 2.48. The van der Waals surface area contributed by atoms with Crippen molar-refractivity contribution in [2.75, 3.05) is 18.9 Å². The number of hydrogen-bond acceptors (Lipinski definition) is 2. The minimum atomic E-state index is 0.983. The molecule has 1 heterocycles. The van der Waals surface area contributed by atoms with Gasteiger partial charge in [-0.3, -0.25) is 4.98 Å². The van der Waals surface area contributed by atoms with Crippen LogP contribution in [0.5, 0.6) is 0 Å². The number of para-hydroxylation sites is 1. The van der Waals surface area contributed by atoms with Gasteiger partial charge in [0.2, 0.25) is 0 Å². The molecule has 2 nitrogen and oxygen atoms in total. The summed E-state index contributed by atoms with van der Waals surface area (Å²) in [6.45, 7) is 4.16. The monoisotopic (exact) mass is 306 g/mol. The van der Waals surface area contributed by atoms with Crippen molar-refractivity contribution in [1.82, 2.24) is 9.88 Å². The van der Waals surface area contributed by atoms with Crippen LogP contribution in [0.15, 0.2) is 30.3 Å². The van der Waals surface area contributed by atoms with E-state index in [0.29, 0.717) is 0 Å². The lowest BCUT2D eigenvalue weighted by Gasteiger charge is -2.17. The zero-order valence-corrected chi connectivity index (χ0v) is 12.6. The Morgan fingerprint density at radius 3 is 2.83 bits per heavy atom. The third kappa shape index (κ3) is 3.30. The molecule has 0 spiro atoms. The van der Waals surface area contributed by atoms with E-state index < -0.39 is 0 Å². The number of nitrogens with zero attached hydrogens (tertiary/aromatic N) is 2. The first-order valence-corrected chi connectivity index (χ1v) is 7.42. The number of aryl methyl sites for hydroxylation is 1. The number of alkyl halides is 1. The van der Waals surface area contributed by atoms with E-state index in [2.05, 4.69) is 64.1 Å². The number of rotatable bonds is 5. The molecule has 0 saturated carbocycles. The second-order valence-electron chi connectivity index (χ2n) is 4.72. The summed E-state index contributed by atoms with van der Waals surface area (Å²) in [4.78, 5) is 6.94. The summed E-state index contributed by atoms with van der Waals surface area (Å²) < 4.78 is 0. The molecule has 0 radical (unpaired) electrons. The van der Waals surface area contributed by atoms with Crippen LogP contribution in [-0.4, -0.2) is 28.8 Å². The molecule has 0 bridgehead atoms. The van der Waals surface area contributed by atoms with E-state index in [1.54, 1.807) is 0 Å². The van der Waals surface area contributed by atoms with Gasteiger partial charge in [0.25, 0.3) is 0 Å². The number of hydrogen-bond donors (Lipinski definition) is 0. The molecule has 0 unspecified atom stereocenters. The molecule has 1 aromatic carbocycles. The molecule has 18 heavy (non-hydrogen) atoms. The highest BCUT2D eigenvalue weighted by molar-refractivity contribution is 9.09. The maximum atomic E-state index is 4.58. The van der Waals surface area contributed by atoms with Crippen molar-refractivity contribution in [3.05, 3.63) is 41.6 Å². The van der Waals surface area contributed by atoms with Gasteiger partial charge in [-0.25, -0.2) is 0 Å². The van der Waals surface area contributed by atoms with Gasteiger partial charge in [-0.2, -0.15) is 0 Å². The first-order valence-electron chi connectivity index (χ1n) is 6.30. The summed E-state index contributed by atoms with van der Waals surface area (Å²) in [5.74, 6) is 0. The average molecular weight is 307 g/mol. The largest absolute Gasteiger partial charge is 0.302 e. The molecule has 2 rings (SSSR count). The van der Waals surface area contributed by atoms with Crippen LogP contribution in [0.1, 0.15) is 17.7 Å². The van der Waals surface area contributed by atoms with Crippen molar-refractivity contribution in [3.8, 4) is 0 Å². The molecule has 0 saturated heterocycles. The maximum Gasteiger partial charge on any atom is 0.0708 e. The van der Waals surface area contributed by atoms with E-state index in [9.17, 15) is 0 Å². The van der Waals surface area contributed by atoms with Gasteiger partial charge < -0.3 is 4.90 Å². The Balaban J connectivity index is 2.26. The van der Waals surface area contributed by atoms with E-state index in [1.165, 1.54) is 17.4 Å². The van der Waals surface area contributed by atoms with Crippen molar-refractivity contribution in [3.63, 3.8) is 0 Å². The highest BCUT2D eigenvalue weighted by Crippen LogP contribution is 2.19. The molecule has 0 amide bonds. The molecular formula is C15H19BrN2. The second-order valence-corrected chi connectivity index (χ2v) is 5.51. The summed E-state index contributed by atoms with van der Waals surface area (Å²) in [5, 5.41) is 2.33. The summed E-state index contributed by atoms with van der Waals surface area (Å²) in [5.41, 5.74) is 3.56. The summed E-state index contributed by atoms with van der Waals surface area (Å²) in [7, 11) is 2.17. The molecule has 1 aromatic heterocycles. The number of benzene rings is 1. The molecule has 96 valence electrons. The first kappa shape index (κ1) is 13.5. The van der Waals surface area contributed by atoms with Crippen LogP contribution < -0.4 is 0 Å². The molecule has 0 aliphatic rings. The third-order valence-electron chi connectivity index (χ3n) is 3.04. The van der Waals surface area contributed by atoms with Crippen molar-refractivity contribution in [2.24, 2.45) is 0 Å². The lowest BCUT2D eigenvalue weighted by molar-refractivity contribution is 0.330. The molecule has 3 heteroatoms. The Kier molecular flexibility index (Phi) is 4.72. The van der Waals surface area contributed by atoms with Gasteiger partial charge in [0.05, 0.1) is 5.52 Å². The van der Waals surface area contributed by atoms with Crippen LogP contribution in [0, 0.1) is 6.92 Å². The zero-order valence-electron chi connectivity index (χ0n) is 11.0. The van der Waals surface area contributed by atoms with Gasteiger partial charge in [-0.15, -0.1) is 0 Å². The van der Waals surface area contributed by atoms with E-state index >= 15 is 0 Å². The van der Waals surface area contributed by atoms with Gasteiger partial charge >= 0.3 is 0 Å². The highest BCUT2D eigenvalue weighted by Gasteiger charge is 2.06. The summed E-state index contributed by atoms with van der Waals surface area (Å²) >= 11 is 3.48. The Bertz CT molecular complexity index is 525. The normalized spacial score (nSPS) is 11.3. The predicted molar refractivity (Wildman–Crippen MR) is 81.2 cm³/mol. The number of aromatic nitrogens is 1. The van der Waals surface area contributed by atoms with Crippen molar-refractivity contribution in [2.45, 2.75) is 19.9 Å². The summed E-state index contributed by atoms with van der Waals surface area (Å²) in [6, 6.07) is 10.6. The van der Waals surface area contributed by atoms with Gasteiger partial charge in [0.1, 0.15) is 0 Å².